The molecule has 2 aliphatic heterocycles. The van der Waals surface area contributed by atoms with Gasteiger partial charge in [-0.15, -0.1) is 5.06 Å². The lowest BCUT2D eigenvalue weighted by molar-refractivity contribution is -0.189. The first-order valence-electron chi connectivity index (χ1n) is 9.97. The highest BCUT2D eigenvalue weighted by Gasteiger charge is 2.36. The number of carbonyl (C=O) groups is 2. The number of piperidine rings is 1. The van der Waals surface area contributed by atoms with E-state index in [0.29, 0.717) is 38.2 Å². The van der Waals surface area contributed by atoms with Crippen molar-refractivity contribution in [2.24, 2.45) is 5.92 Å². The predicted molar refractivity (Wildman–Crippen MR) is 104 cm³/mol. The molecule has 0 aliphatic carbocycles. The van der Waals surface area contributed by atoms with Crippen LogP contribution in [-0.4, -0.2) is 72.7 Å². The van der Waals surface area contributed by atoms with Crippen LogP contribution in [0.1, 0.15) is 37.6 Å². The molecule has 8 heteroatoms. The summed E-state index contributed by atoms with van der Waals surface area (Å²) in [6.45, 7) is 7.26. The summed E-state index contributed by atoms with van der Waals surface area (Å²) in [5.41, 5.74) is -0.0970. The minimum absolute atomic E-state index is 0.0228. The molecular weight excluding hydrogens is 379 g/mol. The van der Waals surface area contributed by atoms with Crippen molar-refractivity contribution in [1.29, 1.82) is 0 Å². The Balaban J connectivity index is 1.34. The van der Waals surface area contributed by atoms with Crippen molar-refractivity contribution in [3.05, 3.63) is 35.9 Å². The maximum Gasteiger partial charge on any atom is 0.410 e. The van der Waals surface area contributed by atoms with Crippen LogP contribution >= 0.6 is 0 Å². The summed E-state index contributed by atoms with van der Waals surface area (Å²) in [6, 6.07) is 8.81. The summed E-state index contributed by atoms with van der Waals surface area (Å²) in [6.07, 6.45) is -1.84. The van der Waals surface area contributed by atoms with Gasteiger partial charge in [0.2, 0.25) is 0 Å². The Morgan fingerprint density at radius 3 is 2.45 bits per heavy atom. The van der Waals surface area contributed by atoms with Crippen LogP contribution in [0.25, 0.3) is 0 Å². The molecule has 0 unspecified atom stereocenters. The molecule has 7 nitrogen and oxygen atoms in total. The summed E-state index contributed by atoms with van der Waals surface area (Å²) in [5.74, 6) is -0.196. The highest BCUT2D eigenvalue weighted by Crippen LogP contribution is 2.23. The Hall–Kier alpha value is -2.19. The van der Waals surface area contributed by atoms with Gasteiger partial charge < -0.3 is 19.2 Å². The third-order valence-electron chi connectivity index (χ3n) is 4.82. The Morgan fingerprint density at radius 1 is 1.14 bits per heavy atom. The SMILES string of the molecule is CC(C)(C)OC(=O)N1CC[C@H](OCC2CN(OC(=O)c3ccccc3)C2)[C@@H](F)C1. The standard InChI is InChI=1S/C21H29FN2O5/c1-21(2,3)28-20(26)23-10-9-18(17(22)13-23)27-14-15-11-24(12-15)29-19(25)16-7-5-4-6-8-16/h4-8,15,17-18H,9-14H2,1-3H3/t17-,18-/m0/s1. The van der Waals surface area contributed by atoms with E-state index in [9.17, 15) is 14.0 Å². The quantitative estimate of drug-likeness (QED) is 0.746. The van der Waals surface area contributed by atoms with E-state index in [0.717, 1.165) is 0 Å². The number of amides is 1. The molecule has 1 aromatic rings. The van der Waals surface area contributed by atoms with Gasteiger partial charge in [-0.3, -0.25) is 0 Å². The minimum atomic E-state index is -1.25. The molecule has 1 amide bonds. The summed E-state index contributed by atoms with van der Waals surface area (Å²) in [7, 11) is 0. The van der Waals surface area contributed by atoms with Gasteiger partial charge in [0, 0.05) is 25.6 Å². The van der Waals surface area contributed by atoms with Gasteiger partial charge in [-0.1, -0.05) is 18.2 Å². The molecule has 0 radical (unpaired) electrons. The smallest absolute Gasteiger partial charge is 0.410 e. The van der Waals surface area contributed by atoms with Gasteiger partial charge in [-0.05, 0) is 39.3 Å². The molecule has 0 spiro atoms. The summed E-state index contributed by atoms with van der Waals surface area (Å²) in [5, 5.41) is 1.58. The van der Waals surface area contributed by atoms with Crippen LogP contribution in [-0.2, 0) is 14.3 Å². The third kappa shape index (κ3) is 6.14. The molecule has 0 saturated carbocycles. The molecule has 3 rings (SSSR count). The van der Waals surface area contributed by atoms with Crippen molar-refractivity contribution in [2.75, 3.05) is 32.8 Å². The molecule has 1 aromatic carbocycles. The normalized spacial score (nSPS) is 23.4. The van der Waals surface area contributed by atoms with E-state index in [2.05, 4.69) is 0 Å². The minimum Gasteiger partial charge on any atom is -0.444 e. The summed E-state index contributed by atoms with van der Waals surface area (Å²) in [4.78, 5) is 30.7. The summed E-state index contributed by atoms with van der Waals surface area (Å²) < 4.78 is 25.5. The molecule has 2 fully saturated rings. The second-order valence-electron chi connectivity index (χ2n) is 8.56. The number of ether oxygens (including phenoxy) is 2. The molecule has 0 bridgehead atoms. The molecule has 0 aromatic heterocycles. The van der Waals surface area contributed by atoms with Crippen LogP contribution in [0, 0.1) is 5.92 Å². The average molecular weight is 408 g/mol. The molecular formula is C21H29FN2O5. The van der Waals surface area contributed by atoms with E-state index >= 15 is 0 Å². The molecule has 0 N–H and O–H groups in total. The van der Waals surface area contributed by atoms with Crippen molar-refractivity contribution in [2.45, 2.75) is 45.1 Å². The topological polar surface area (TPSA) is 68.3 Å². The van der Waals surface area contributed by atoms with Gasteiger partial charge in [-0.25, -0.2) is 14.0 Å². The fourth-order valence-electron chi connectivity index (χ4n) is 3.27. The van der Waals surface area contributed by atoms with Crippen LogP contribution in [0.15, 0.2) is 30.3 Å². The van der Waals surface area contributed by atoms with Gasteiger partial charge in [0.15, 0.2) is 0 Å². The number of hydrogen-bond donors (Lipinski definition) is 0. The van der Waals surface area contributed by atoms with Crippen LogP contribution in [0.4, 0.5) is 9.18 Å². The van der Waals surface area contributed by atoms with Crippen LogP contribution in [0.2, 0.25) is 0 Å². The van der Waals surface area contributed by atoms with Crippen molar-refractivity contribution >= 4 is 12.1 Å². The largest absolute Gasteiger partial charge is 0.444 e. The van der Waals surface area contributed by atoms with Crippen LogP contribution in [0.3, 0.4) is 0 Å². The second-order valence-corrected chi connectivity index (χ2v) is 8.56. The number of rotatable bonds is 5. The first kappa shape index (κ1) is 21.5. The first-order chi connectivity index (χ1) is 13.7. The van der Waals surface area contributed by atoms with Crippen molar-refractivity contribution < 1.29 is 28.3 Å². The maximum atomic E-state index is 14.4. The number of hydrogen-bond acceptors (Lipinski definition) is 6. The highest BCUT2D eigenvalue weighted by atomic mass is 19.1. The molecule has 2 saturated heterocycles. The van der Waals surface area contributed by atoms with E-state index in [1.165, 1.54) is 4.90 Å². The van der Waals surface area contributed by atoms with E-state index in [4.69, 9.17) is 14.3 Å². The number of halogens is 1. The molecule has 2 aliphatic rings. The number of benzene rings is 1. The average Bonchev–Trinajstić information content (AvgIpc) is 2.63. The zero-order valence-electron chi connectivity index (χ0n) is 17.2. The number of alkyl halides is 1. The van der Waals surface area contributed by atoms with Crippen molar-refractivity contribution in [3.8, 4) is 0 Å². The van der Waals surface area contributed by atoms with Gasteiger partial charge in [0.1, 0.15) is 11.8 Å². The molecule has 2 atom stereocenters. The molecule has 29 heavy (non-hydrogen) atoms. The van der Waals surface area contributed by atoms with E-state index in [1.807, 2.05) is 6.07 Å². The fraction of sp³-hybridized carbons (Fsp3) is 0.619. The lowest BCUT2D eigenvalue weighted by Gasteiger charge is -2.39. The van der Waals surface area contributed by atoms with Gasteiger partial charge >= 0.3 is 12.1 Å². The maximum absolute atomic E-state index is 14.4. The monoisotopic (exact) mass is 408 g/mol. The van der Waals surface area contributed by atoms with E-state index < -0.39 is 24.0 Å². The van der Waals surface area contributed by atoms with E-state index in [-0.39, 0.29) is 18.4 Å². The lowest BCUT2D eigenvalue weighted by Crippen LogP contribution is -2.52. The Kier molecular flexibility index (Phi) is 6.74. The lowest BCUT2D eigenvalue weighted by atomic mass is 10.0. The van der Waals surface area contributed by atoms with Crippen LogP contribution in [0.5, 0.6) is 0 Å². The zero-order valence-corrected chi connectivity index (χ0v) is 17.2. The molecule has 160 valence electrons. The number of hydroxylamine groups is 2. The van der Waals surface area contributed by atoms with Gasteiger partial charge in [-0.2, -0.15) is 0 Å². The van der Waals surface area contributed by atoms with Crippen molar-refractivity contribution in [3.63, 3.8) is 0 Å². The van der Waals surface area contributed by atoms with E-state index in [1.54, 1.807) is 50.1 Å². The van der Waals surface area contributed by atoms with Gasteiger partial charge in [0.05, 0.1) is 24.8 Å². The molecule has 2 heterocycles. The Labute approximate surface area is 170 Å². The zero-order chi connectivity index (χ0) is 21.0. The number of carbonyl (C=O) groups excluding carboxylic acids is 2. The number of likely N-dealkylation sites (tertiary alicyclic amines) is 1. The Bertz CT molecular complexity index is 703. The van der Waals surface area contributed by atoms with Gasteiger partial charge in [0.25, 0.3) is 0 Å². The van der Waals surface area contributed by atoms with Crippen molar-refractivity contribution in [1.82, 2.24) is 9.96 Å². The highest BCUT2D eigenvalue weighted by molar-refractivity contribution is 5.89. The number of nitrogens with zero attached hydrogens (tertiary/aromatic N) is 2. The fourth-order valence-corrected chi connectivity index (χ4v) is 3.27. The first-order valence-corrected chi connectivity index (χ1v) is 9.97. The Morgan fingerprint density at radius 2 is 1.83 bits per heavy atom. The summed E-state index contributed by atoms with van der Waals surface area (Å²) >= 11 is 0. The predicted octanol–water partition coefficient (Wildman–Crippen LogP) is 3.05. The second kappa shape index (κ2) is 9.09. The van der Waals surface area contributed by atoms with Crippen LogP contribution < -0.4 is 0 Å². The third-order valence-corrected chi connectivity index (χ3v) is 4.82.